The van der Waals surface area contributed by atoms with Gasteiger partial charge in [0, 0.05) is 42.7 Å². The molecule has 0 bridgehead atoms. The standard InChI is InChI=1S/C35H44ClFN8O5/c1-20-18-43(19-21(2)45(20)33(48)50-34(3,4)5)23-11-25(36)29(38-15-23)17-40-31(46)22-7-10-44(35(14-22)8-9-35)32(47)28-13-27(41-42-28)24-12-30(49-6)39-16-26(24)37/h11-13,15-16,20-22H,7-10,14,17-19H2,1-6H3,(H,40,46)(H,41,42)/t20?,21?,22-/m0/s1. The molecule has 3 aromatic rings. The second-order valence-corrected chi connectivity index (χ2v) is 15.0. The van der Waals surface area contributed by atoms with Gasteiger partial charge in [-0.05, 0) is 72.4 Å². The highest BCUT2D eigenvalue weighted by Gasteiger charge is 2.54. The molecule has 2 saturated heterocycles. The SMILES string of the molecule is COc1cc(-c2cc(C(=O)N3CC[C@H](C(=O)NCc4ncc(N5CC(C)N(C(=O)OC(C)(C)C)C(C)C5)cc4Cl)CC34CC4)n[nH]2)c(F)cn1. The first-order chi connectivity index (χ1) is 23.7. The Morgan fingerprint density at radius 3 is 2.46 bits per heavy atom. The van der Waals surface area contributed by atoms with Crippen LogP contribution in [0.3, 0.4) is 0 Å². The number of aromatic amines is 1. The zero-order chi connectivity index (χ0) is 36.0. The topological polar surface area (TPSA) is 146 Å². The van der Waals surface area contributed by atoms with Gasteiger partial charge in [-0.1, -0.05) is 11.6 Å². The molecule has 3 aromatic heterocycles. The van der Waals surface area contributed by atoms with Crippen molar-refractivity contribution < 1.29 is 28.2 Å². The fourth-order valence-corrected chi connectivity index (χ4v) is 7.31. The molecule has 6 rings (SSSR count). The highest BCUT2D eigenvalue weighted by atomic mass is 35.5. The van der Waals surface area contributed by atoms with E-state index < -0.39 is 17.0 Å². The van der Waals surface area contributed by atoms with Crippen LogP contribution in [0.5, 0.6) is 5.88 Å². The number of nitrogens with one attached hydrogen (secondary N) is 2. The summed E-state index contributed by atoms with van der Waals surface area (Å²) in [5.74, 6) is -0.942. The monoisotopic (exact) mass is 710 g/mol. The van der Waals surface area contributed by atoms with E-state index in [0.717, 1.165) is 24.7 Å². The summed E-state index contributed by atoms with van der Waals surface area (Å²) < 4.78 is 25.2. The molecule has 0 radical (unpaired) electrons. The largest absolute Gasteiger partial charge is 0.481 e. The first-order valence-corrected chi connectivity index (χ1v) is 17.3. The van der Waals surface area contributed by atoms with E-state index in [1.165, 1.54) is 19.2 Å². The molecule has 2 N–H and O–H groups in total. The van der Waals surface area contributed by atoms with Gasteiger partial charge >= 0.3 is 6.09 Å². The third kappa shape index (κ3) is 7.35. The molecule has 0 aromatic carbocycles. The van der Waals surface area contributed by atoms with Crippen molar-refractivity contribution in [3.8, 4) is 17.1 Å². The maximum Gasteiger partial charge on any atom is 0.410 e. The molecule has 3 atom stereocenters. The molecule has 3 fully saturated rings. The van der Waals surface area contributed by atoms with Crippen LogP contribution in [-0.4, -0.2) is 97.8 Å². The first kappa shape index (κ1) is 35.4. The summed E-state index contributed by atoms with van der Waals surface area (Å²) in [4.78, 5) is 53.9. The summed E-state index contributed by atoms with van der Waals surface area (Å²) >= 11 is 6.67. The number of hydrogen-bond acceptors (Lipinski definition) is 9. The highest BCUT2D eigenvalue weighted by molar-refractivity contribution is 6.31. The van der Waals surface area contributed by atoms with E-state index in [2.05, 4.69) is 30.4 Å². The molecule has 3 aliphatic rings. The van der Waals surface area contributed by atoms with Crippen LogP contribution in [0.25, 0.3) is 11.3 Å². The van der Waals surface area contributed by atoms with E-state index in [0.29, 0.717) is 48.9 Å². The molecule has 1 saturated carbocycles. The van der Waals surface area contributed by atoms with Crippen LogP contribution in [0.4, 0.5) is 14.9 Å². The number of carbonyl (C=O) groups is 3. The van der Waals surface area contributed by atoms with Gasteiger partial charge in [0.1, 0.15) is 5.60 Å². The van der Waals surface area contributed by atoms with Crippen molar-refractivity contribution >= 4 is 35.2 Å². The number of anilines is 1. The number of likely N-dealkylation sites (tertiary alicyclic amines) is 1. The highest BCUT2D eigenvalue weighted by Crippen LogP contribution is 2.50. The van der Waals surface area contributed by atoms with Crippen molar-refractivity contribution in [1.29, 1.82) is 0 Å². The first-order valence-electron chi connectivity index (χ1n) is 16.9. The van der Waals surface area contributed by atoms with E-state index in [1.807, 2.05) is 45.6 Å². The number of hydrogen-bond donors (Lipinski definition) is 2. The van der Waals surface area contributed by atoms with Gasteiger partial charge in [0.2, 0.25) is 11.8 Å². The molecule has 1 aliphatic carbocycles. The third-order valence-corrected chi connectivity index (χ3v) is 10.0. The molecule has 50 heavy (non-hydrogen) atoms. The molecule has 2 unspecified atom stereocenters. The normalized spacial score (nSPS) is 21.6. The van der Waals surface area contributed by atoms with E-state index >= 15 is 0 Å². The van der Waals surface area contributed by atoms with Crippen LogP contribution in [0.2, 0.25) is 5.02 Å². The van der Waals surface area contributed by atoms with Crippen molar-refractivity contribution in [2.45, 2.75) is 90.1 Å². The summed E-state index contributed by atoms with van der Waals surface area (Å²) in [5.41, 5.74) is 1.16. The summed E-state index contributed by atoms with van der Waals surface area (Å²) in [6.45, 7) is 11.3. The van der Waals surface area contributed by atoms with Crippen LogP contribution < -0.4 is 15.0 Å². The molecule has 5 heterocycles. The Morgan fingerprint density at radius 2 is 1.82 bits per heavy atom. The zero-order valence-corrected chi connectivity index (χ0v) is 30.0. The average Bonchev–Trinajstić information content (AvgIpc) is 3.63. The van der Waals surface area contributed by atoms with Gasteiger partial charge in [0.25, 0.3) is 5.91 Å². The van der Waals surface area contributed by atoms with Crippen LogP contribution in [-0.2, 0) is 16.1 Å². The van der Waals surface area contributed by atoms with Crippen molar-refractivity contribution in [1.82, 2.24) is 35.3 Å². The molecule has 13 nitrogen and oxygen atoms in total. The fourth-order valence-electron chi connectivity index (χ4n) is 7.08. The number of piperidine rings is 1. The third-order valence-electron chi connectivity index (χ3n) is 9.69. The lowest BCUT2D eigenvalue weighted by atomic mass is 9.88. The number of halogens is 2. The minimum atomic E-state index is -0.571. The number of H-pyrrole nitrogens is 1. The Bertz CT molecular complexity index is 1760. The van der Waals surface area contributed by atoms with E-state index in [-0.39, 0.29) is 59.6 Å². The summed E-state index contributed by atoms with van der Waals surface area (Å²) in [7, 11) is 1.44. The quantitative estimate of drug-likeness (QED) is 0.338. The molecule has 3 amide bonds. The number of piperazine rings is 1. The van der Waals surface area contributed by atoms with Gasteiger partial charge < -0.3 is 24.6 Å². The van der Waals surface area contributed by atoms with Crippen LogP contribution >= 0.6 is 11.6 Å². The molecule has 15 heteroatoms. The molecular formula is C35H44ClFN8O5. The lowest BCUT2D eigenvalue weighted by molar-refractivity contribution is -0.127. The van der Waals surface area contributed by atoms with Gasteiger partial charge in [0.05, 0.1) is 60.2 Å². The van der Waals surface area contributed by atoms with Gasteiger partial charge in [-0.3, -0.25) is 24.6 Å². The van der Waals surface area contributed by atoms with Gasteiger partial charge in [-0.15, -0.1) is 0 Å². The Balaban J connectivity index is 1.03. The van der Waals surface area contributed by atoms with Gasteiger partial charge in [0.15, 0.2) is 11.5 Å². The predicted octanol–water partition coefficient (Wildman–Crippen LogP) is 5.20. The lowest BCUT2D eigenvalue weighted by Gasteiger charge is -2.45. The number of pyridine rings is 2. The number of ether oxygens (including phenoxy) is 2. The number of nitrogens with zero attached hydrogens (tertiary/aromatic N) is 6. The molecule has 1 spiro atoms. The Morgan fingerprint density at radius 1 is 1.10 bits per heavy atom. The Labute approximate surface area is 295 Å². The van der Waals surface area contributed by atoms with Crippen molar-refractivity contribution in [2.75, 3.05) is 31.6 Å². The summed E-state index contributed by atoms with van der Waals surface area (Å²) in [6.07, 6.45) is 5.13. The van der Waals surface area contributed by atoms with Crippen LogP contribution in [0, 0.1) is 11.7 Å². The minimum Gasteiger partial charge on any atom is -0.481 e. The molecule has 268 valence electrons. The Hall–Kier alpha value is -4.46. The maximum absolute atomic E-state index is 14.5. The van der Waals surface area contributed by atoms with Gasteiger partial charge in [-0.2, -0.15) is 5.10 Å². The number of carbonyl (C=O) groups excluding carboxylic acids is 3. The predicted molar refractivity (Wildman–Crippen MR) is 184 cm³/mol. The van der Waals surface area contributed by atoms with Gasteiger partial charge in [-0.25, -0.2) is 14.2 Å². The van der Waals surface area contributed by atoms with E-state index in [9.17, 15) is 18.8 Å². The minimum absolute atomic E-state index is 0.0826. The lowest BCUT2D eigenvalue weighted by Crippen LogP contribution is -2.59. The number of rotatable bonds is 7. The summed E-state index contributed by atoms with van der Waals surface area (Å²) in [6, 6.07) is 4.66. The summed E-state index contributed by atoms with van der Waals surface area (Å²) in [5, 5.41) is 10.4. The molecule has 2 aliphatic heterocycles. The van der Waals surface area contributed by atoms with E-state index in [1.54, 1.807) is 11.1 Å². The smallest absolute Gasteiger partial charge is 0.410 e. The second-order valence-electron chi connectivity index (χ2n) is 14.6. The number of aromatic nitrogens is 4. The second kappa shape index (κ2) is 13.7. The average molecular weight is 711 g/mol. The number of methoxy groups -OCH3 is 1. The van der Waals surface area contributed by atoms with E-state index in [4.69, 9.17) is 21.1 Å². The molecular weight excluding hydrogens is 667 g/mol. The zero-order valence-electron chi connectivity index (χ0n) is 29.3. The number of amides is 3. The maximum atomic E-state index is 14.5. The fraction of sp³-hybridized carbons (Fsp3) is 0.543. The van der Waals surface area contributed by atoms with Crippen LogP contribution in [0.1, 0.15) is 76.5 Å². The Kier molecular flexibility index (Phi) is 9.68. The van der Waals surface area contributed by atoms with Crippen molar-refractivity contribution in [3.63, 3.8) is 0 Å². The van der Waals surface area contributed by atoms with Crippen molar-refractivity contribution in [3.05, 3.63) is 52.8 Å². The van der Waals surface area contributed by atoms with Crippen molar-refractivity contribution in [2.24, 2.45) is 5.92 Å². The van der Waals surface area contributed by atoms with Crippen LogP contribution in [0.15, 0.2) is 30.6 Å².